The van der Waals surface area contributed by atoms with E-state index in [1.165, 1.54) is 6.07 Å². The average molecular weight is 278 g/mol. The van der Waals surface area contributed by atoms with Crippen molar-refractivity contribution in [2.45, 2.75) is 13.1 Å². The van der Waals surface area contributed by atoms with Crippen LogP contribution in [0.4, 0.5) is 4.39 Å². The molecular formula is C12H11FN4O3. The molecule has 0 aliphatic rings. The Kier molecular flexibility index (Phi) is 4.04. The third-order valence-corrected chi connectivity index (χ3v) is 2.50. The van der Waals surface area contributed by atoms with Crippen LogP contribution in [-0.4, -0.2) is 32.0 Å². The first-order chi connectivity index (χ1) is 9.56. The Morgan fingerprint density at radius 1 is 1.35 bits per heavy atom. The first-order valence-corrected chi connectivity index (χ1v) is 5.70. The number of aromatic nitrogens is 3. The molecule has 1 heterocycles. The van der Waals surface area contributed by atoms with Crippen LogP contribution < -0.4 is 5.32 Å². The van der Waals surface area contributed by atoms with Gasteiger partial charge in [0.15, 0.2) is 5.69 Å². The number of amides is 1. The van der Waals surface area contributed by atoms with Crippen molar-refractivity contribution in [3.63, 3.8) is 0 Å². The molecule has 1 aromatic carbocycles. The van der Waals surface area contributed by atoms with Crippen LogP contribution in [0.2, 0.25) is 0 Å². The van der Waals surface area contributed by atoms with Crippen LogP contribution in [0.3, 0.4) is 0 Å². The van der Waals surface area contributed by atoms with Gasteiger partial charge in [0.1, 0.15) is 12.4 Å². The lowest BCUT2D eigenvalue weighted by Crippen LogP contribution is -2.27. The van der Waals surface area contributed by atoms with Crippen LogP contribution in [0.15, 0.2) is 30.5 Å². The second-order valence-electron chi connectivity index (χ2n) is 3.97. The molecule has 1 amide bonds. The lowest BCUT2D eigenvalue weighted by atomic mass is 10.2. The van der Waals surface area contributed by atoms with Gasteiger partial charge >= 0.3 is 5.97 Å². The van der Waals surface area contributed by atoms with E-state index in [0.29, 0.717) is 5.56 Å². The summed E-state index contributed by atoms with van der Waals surface area (Å²) < 4.78 is 14.4. The van der Waals surface area contributed by atoms with Crippen molar-refractivity contribution in [3.8, 4) is 0 Å². The lowest BCUT2D eigenvalue weighted by Gasteiger charge is -2.05. The zero-order valence-electron chi connectivity index (χ0n) is 10.3. The van der Waals surface area contributed by atoms with Gasteiger partial charge < -0.3 is 10.4 Å². The Morgan fingerprint density at radius 2 is 2.10 bits per heavy atom. The molecule has 1 aromatic heterocycles. The Bertz CT molecular complexity index is 641. The number of nitrogens with zero attached hydrogens (tertiary/aromatic N) is 3. The van der Waals surface area contributed by atoms with Gasteiger partial charge in [-0.2, -0.15) is 0 Å². The van der Waals surface area contributed by atoms with Crippen LogP contribution in [0.25, 0.3) is 0 Å². The first kappa shape index (κ1) is 13.7. The highest BCUT2D eigenvalue weighted by atomic mass is 19.1. The molecule has 0 unspecified atom stereocenters. The Morgan fingerprint density at radius 3 is 2.75 bits per heavy atom. The van der Waals surface area contributed by atoms with Crippen molar-refractivity contribution < 1.29 is 19.1 Å². The molecule has 0 bridgehead atoms. The molecule has 8 heteroatoms. The number of rotatable bonds is 5. The number of carboxylic acid groups (broad SMARTS) is 1. The summed E-state index contributed by atoms with van der Waals surface area (Å²) >= 11 is 0. The number of nitrogens with one attached hydrogen (secondary N) is 1. The molecule has 20 heavy (non-hydrogen) atoms. The monoisotopic (exact) mass is 278 g/mol. The molecule has 0 saturated carbocycles. The summed E-state index contributed by atoms with van der Waals surface area (Å²) in [5.74, 6) is -2.04. The maximum absolute atomic E-state index is 13.3. The molecule has 0 aliphatic heterocycles. The van der Waals surface area contributed by atoms with E-state index in [1.54, 1.807) is 18.2 Å². The fourth-order valence-electron chi connectivity index (χ4n) is 1.51. The zero-order valence-corrected chi connectivity index (χ0v) is 10.3. The number of hydrogen-bond donors (Lipinski definition) is 2. The topological polar surface area (TPSA) is 97.1 Å². The molecule has 2 N–H and O–H groups in total. The molecule has 2 aromatic rings. The number of halogens is 1. The zero-order chi connectivity index (χ0) is 14.5. The van der Waals surface area contributed by atoms with Gasteiger partial charge in [-0.1, -0.05) is 23.4 Å². The predicted octanol–water partition coefficient (Wildman–Crippen LogP) is 0.432. The summed E-state index contributed by atoms with van der Waals surface area (Å²) in [6, 6.07) is 6.09. The van der Waals surface area contributed by atoms with Crippen LogP contribution in [0, 0.1) is 5.82 Å². The van der Waals surface area contributed by atoms with Gasteiger partial charge in [-0.15, -0.1) is 5.10 Å². The van der Waals surface area contributed by atoms with Gasteiger partial charge in [-0.3, -0.25) is 4.79 Å². The molecule has 2 rings (SSSR count). The summed E-state index contributed by atoms with van der Waals surface area (Å²) in [5.41, 5.74) is 0.123. The smallest absolute Gasteiger partial charge is 0.358 e. The molecule has 7 nitrogen and oxygen atoms in total. The summed E-state index contributed by atoms with van der Waals surface area (Å²) in [7, 11) is 0. The highest BCUT2D eigenvalue weighted by Gasteiger charge is 2.10. The van der Waals surface area contributed by atoms with E-state index < -0.39 is 17.7 Å². The number of aromatic carboxylic acids is 1. The lowest BCUT2D eigenvalue weighted by molar-refractivity contribution is -0.122. The normalized spacial score (nSPS) is 10.2. The van der Waals surface area contributed by atoms with E-state index >= 15 is 0 Å². The van der Waals surface area contributed by atoms with Crippen molar-refractivity contribution in [1.82, 2.24) is 20.3 Å². The van der Waals surface area contributed by atoms with Crippen LogP contribution in [0.1, 0.15) is 16.1 Å². The van der Waals surface area contributed by atoms with E-state index in [0.717, 1.165) is 10.9 Å². The highest BCUT2D eigenvalue weighted by molar-refractivity contribution is 5.84. The fraction of sp³-hybridized carbons (Fsp3) is 0.167. The Labute approximate surface area is 113 Å². The van der Waals surface area contributed by atoms with Crippen molar-refractivity contribution in [2.24, 2.45) is 0 Å². The molecule has 0 fully saturated rings. The van der Waals surface area contributed by atoms with Gasteiger partial charge in [0.25, 0.3) is 0 Å². The van der Waals surface area contributed by atoms with E-state index in [4.69, 9.17) is 5.11 Å². The molecule has 104 valence electrons. The van der Waals surface area contributed by atoms with E-state index in [2.05, 4.69) is 15.6 Å². The van der Waals surface area contributed by atoms with Crippen molar-refractivity contribution in [3.05, 3.63) is 47.5 Å². The number of carbonyl (C=O) groups is 2. The SMILES string of the molecule is O=C(Cn1cc(C(=O)O)nn1)NCc1ccccc1F. The van der Waals surface area contributed by atoms with Gasteiger partial charge in [-0.25, -0.2) is 13.9 Å². The summed E-state index contributed by atoms with van der Waals surface area (Å²) in [4.78, 5) is 22.2. The summed E-state index contributed by atoms with van der Waals surface area (Å²) in [6.07, 6.45) is 1.14. The Balaban J connectivity index is 1.89. The van der Waals surface area contributed by atoms with Crippen LogP contribution in [-0.2, 0) is 17.9 Å². The summed E-state index contributed by atoms with van der Waals surface area (Å²) in [5, 5.41) is 18.0. The predicted molar refractivity (Wildman–Crippen MR) is 65.2 cm³/mol. The van der Waals surface area contributed by atoms with Crippen molar-refractivity contribution in [2.75, 3.05) is 0 Å². The second kappa shape index (κ2) is 5.91. The van der Waals surface area contributed by atoms with Crippen LogP contribution >= 0.6 is 0 Å². The number of benzene rings is 1. The second-order valence-corrected chi connectivity index (χ2v) is 3.97. The number of carboxylic acids is 1. The minimum atomic E-state index is -1.22. The number of carbonyl (C=O) groups excluding carboxylic acids is 1. The van der Waals surface area contributed by atoms with Gasteiger partial charge in [0.2, 0.25) is 5.91 Å². The molecule has 0 radical (unpaired) electrons. The van der Waals surface area contributed by atoms with Gasteiger partial charge in [-0.05, 0) is 6.07 Å². The third kappa shape index (κ3) is 3.37. The summed E-state index contributed by atoms with van der Waals surface area (Å²) in [6.45, 7) is -0.138. The van der Waals surface area contributed by atoms with E-state index in [1.807, 2.05) is 0 Å². The maximum atomic E-state index is 13.3. The molecule has 0 atom stereocenters. The van der Waals surface area contributed by atoms with Crippen molar-refractivity contribution in [1.29, 1.82) is 0 Å². The number of hydrogen-bond acceptors (Lipinski definition) is 4. The molecule has 0 aliphatic carbocycles. The third-order valence-electron chi connectivity index (χ3n) is 2.50. The van der Waals surface area contributed by atoms with E-state index in [-0.39, 0.29) is 18.8 Å². The molecular weight excluding hydrogens is 267 g/mol. The minimum absolute atomic E-state index is 0.0476. The van der Waals surface area contributed by atoms with Crippen LogP contribution in [0.5, 0.6) is 0 Å². The standard InChI is InChI=1S/C12H11FN4O3/c13-9-4-2-1-3-8(9)5-14-11(18)7-17-6-10(12(19)20)15-16-17/h1-4,6H,5,7H2,(H,14,18)(H,19,20). The minimum Gasteiger partial charge on any atom is -0.476 e. The van der Waals surface area contributed by atoms with E-state index in [9.17, 15) is 14.0 Å². The Hall–Kier alpha value is -2.77. The molecule has 0 spiro atoms. The van der Waals surface area contributed by atoms with Gasteiger partial charge in [0.05, 0.1) is 6.20 Å². The maximum Gasteiger partial charge on any atom is 0.358 e. The first-order valence-electron chi connectivity index (χ1n) is 5.70. The van der Waals surface area contributed by atoms with Crippen molar-refractivity contribution >= 4 is 11.9 Å². The largest absolute Gasteiger partial charge is 0.476 e. The average Bonchev–Trinajstić information content (AvgIpc) is 2.86. The quantitative estimate of drug-likeness (QED) is 0.826. The highest BCUT2D eigenvalue weighted by Crippen LogP contribution is 2.05. The molecule has 0 saturated heterocycles. The van der Waals surface area contributed by atoms with Gasteiger partial charge in [0, 0.05) is 12.1 Å². The fourth-order valence-corrected chi connectivity index (χ4v) is 1.51.